The molecule has 3 aromatic rings. The van der Waals surface area contributed by atoms with Crippen molar-refractivity contribution >= 4 is 29.3 Å². The molecule has 0 radical (unpaired) electrons. The van der Waals surface area contributed by atoms with Crippen LogP contribution in [0.3, 0.4) is 0 Å². The maximum atomic E-state index is 12.8. The van der Waals surface area contributed by atoms with E-state index in [1.54, 1.807) is 42.5 Å². The molecule has 0 spiro atoms. The first-order valence-electron chi connectivity index (χ1n) is 10.9. The Hall–Kier alpha value is -4.46. The summed E-state index contributed by atoms with van der Waals surface area (Å²) in [6.45, 7) is 0.246. The maximum absolute atomic E-state index is 12.8. The van der Waals surface area contributed by atoms with Crippen LogP contribution in [0, 0.1) is 0 Å². The van der Waals surface area contributed by atoms with Crippen LogP contribution in [-0.2, 0) is 16.1 Å². The molecule has 34 heavy (non-hydrogen) atoms. The van der Waals surface area contributed by atoms with Gasteiger partial charge in [0.15, 0.2) is 0 Å². The molecular formula is C26H21N3O5. The summed E-state index contributed by atoms with van der Waals surface area (Å²) in [7, 11) is 0. The average Bonchev–Trinajstić information content (AvgIpc) is 3.15. The molecule has 5 rings (SSSR count). The van der Waals surface area contributed by atoms with Crippen LogP contribution in [0.1, 0.15) is 39.1 Å². The minimum absolute atomic E-state index is 0.201. The van der Waals surface area contributed by atoms with E-state index >= 15 is 0 Å². The number of piperidine rings is 1. The fourth-order valence-electron chi connectivity index (χ4n) is 4.15. The highest BCUT2D eigenvalue weighted by Gasteiger charge is 2.39. The van der Waals surface area contributed by atoms with Crippen molar-refractivity contribution < 1.29 is 23.9 Å². The molecule has 0 aromatic heterocycles. The van der Waals surface area contributed by atoms with Gasteiger partial charge in [0.1, 0.15) is 17.5 Å². The number of ether oxygens (including phenoxy) is 1. The molecule has 3 aromatic carbocycles. The number of carbonyl (C=O) groups is 4. The molecule has 2 heterocycles. The Labute approximate surface area is 195 Å². The van der Waals surface area contributed by atoms with E-state index in [1.165, 1.54) is 4.90 Å². The molecule has 1 atom stereocenters. The Morgan fingerprint density at radius 3 is 2.41 bits per heavy atom. The Bertz CT molecular complexity index is 1290. The summed E-state index contributed by atoms with van der Waals surface area (Å²) >= 11 is 0. The highest BCUT2D eigenvalue weighted by Crippen LogP contribution is 2.30. The lowest BCUT2D eigenvalue weighted by Crippen LogP contribution is -2.52. The Kier molecular flexibility index (Phi) is 5.55. The second-order valence-corrected chi connectivity index (χ2v) is 8.17. The van der Waals surface area contributed by atoms with Gasteiger partial charge in [-0.1, -0.05) is 18.2 Å². The maximum Gasteiger partial charge on any atom is 0.255 e. The fourth-order valence-corrected chi connectivity index (χ4v) is 4.15. The number of rotatable bonds is 5. The second-order valence-electron chi connectivity index (χ2n) is 8.17. The fraction of sp³-hybridized carbons (Fsp3) is 0.154. The highest BCUT2D eigenvalue weighted by atomic mass is 16.5. The van der Waals surface area contributed by atoms with Gasteiger partial charge in [0, 0.05) is 29.8 Å². The molecule has 0 bridgehead atoms. The molecule has 2 N–H and O–H groups in total. The number of imide groups is 1. The van der Waals surface area contributed by atoms with Crippen LogP contribution in [-0.4, -0.2) is 34.6 Å². The van der Waals surface area contributed by atoms with Gasteiger partial charge >= 0.3 is 0 Å². The first-order valence-corrected chi connectivity index (χ1v) is 10.9. The topological polar surface area (TPSA) is 105 Å². The van der Waals surface area contributed by atoms with Crippen LogP contribution in [0.5, 0.6) is 11.5 Å². The normalized spacial score (nSPS) is 17.2. The largest absolute Gasteiger partial charge is 0.457 e. The van der Waals surface area contributed by atoms with Gasteiger partial charge in [0.05, 0.1) is 0 Å². The Morgan fingerprint density at radius 2 is 1.68 bits per heavy atom. The zero-order valence-electron chi connectivity index (χ0n) is 18.1. The quantitative estimate of drug-likeness (QED) is 0.573. The van der Waals surface area contributed by atoms with Crippen LogP contribution in [0.15, 0.2) is 72.8 Å². The van der Waals surface area contributed by atoms with Gasteiger partial charge < -0.3 is 15.0 Å². The SMILES string of the molecule is O=C1CCC(N2Cc3cc(NC(=O)c4ccc(Oc5ccccc5)cc4)ccc3C2=O)C(=O)N1. The zero-order valence-corrected chi connectivity index (χ0v) is 18.1. The number of hydrogen-bond acceptors (Lipinski definition) is 5. The smallest absolute Gasteiger partial charge is 0.255 e. The lowest BCUT2D eigenvalue weighted by atomic mass is 10.0. The van der Waals surface area contributed by atoms with Gasteiger partial charge in [0.25, 0.3) is 11.8 Å². The lowest BCUT2D eigenvalue weighted by molar-refractivity contribution is -0.136. The van der Waals surface area contributed by atoms with Crippen LogP contribution in [0.4, 0.5) is 5.69 Å². The first-order chi connectivity index (χ1) is 16.5. The number of anilines is 1. The van der Waals surface area contributed by atoms with Gasteiger partial charge in [-0.25, -0.2) is 0 Å². The van der Waals surface area contributed by atoms with E-state index in [0.29, 0.717) is 34.7 Å². The van der Waals surface area contributed by atoms with Crippen molar-refractivity contribution in [3.8, 4) is 11.5 Å². The van der Waals surface area contributed by atoms with Crippen LogP contribution < -0.4 is 15.4 Å². The number of hydrogen-bond donors (Lipinski definition) is 2. The van der Waals surface area contributed by atoms with Crippen molar-refractivity contribution in [1.29, 1.82) is 0 Å². The van der Waals surface area contributed by atoms with Gasteiger partial charge in [0.2, 0.25) is 11.8 Å². The monoisotopic (exact) mass is 455 g/mol. The van der Waals surface area contributed by atoms with E-state index < -0.39 is 11.9 Å². The van der Waals surface area contributed by atoms with Crippen molar-refractivity contribution in [2.45, 2.75) is 25.4 Å². The van der Waals surface area contributed by atoms with Gasteiger partial charge in [-0.3, -0.25) is 24.5 Å². The van der Waals surface area contributed by atoms with E-state index in [2.05, 4.69) is 10.6 Å². The van der Waals surface area contributed by atoms with E-state index in [-0.39, 0.29) is 30.7 Å². The number of fused-ring (bicyclic) bond motifs is 1. The van der Waals surface area contributed by atoms with Crippen LogP contribution in [0.25, 0.3) is 0 Å². The van der Waals surface area contributed by atoms with Gasteiger partial charge in [-0.15, -0.1) is 0 Å². The minimum Gasteiger partial charge on any atom is -0.457 e. The van der Waals surface area contributed by atoms with Gasteiger partial charge in [-0.2, -0.15) is 0 Å². The molecular weight excluding hydrogens is 434 g/mol. The number of nitrogens with zero attached hydrogens (tertiary/aromatic N) is 1. The third-order valence-corrected chi connectivity index (χ3v) is 5.88. The van der Waals surface area contributed by atoms with E-state index in [0.717, 1.165) is 5.56 Å². The summed E-state index contributed by atoms with van der Waals surface area (Å²) < 4.78 is 5.75. The number of carbonyl (C=O) groups excluding carboxylic acids is 4. The third kappa shape index (κ3) is 4.25. The molecule has 0 aliphatic carbocycles. The standard InChI is InChI=1S/C26H21N3O5/c30-23-13-12-22(25(32)28-23)29-15-17-14-18(8-11-21(17)26(29)33)27-24(31)16-6-9-20(10-7-16)34-19-4-2-1-3-5-19/h1-11,14,22H,12-13,15H2,(H,27,31)(H,28,30,32). The number of amides is 4. The molecule has 2 aliphatic rings. The summed E-state index contributed by atoms with van der Waals surface area (Å²) in [6, 6.07) is 20.5. The predicted octanol–water partition coefficient (Wildman–Crippen LogP) is 3.49. The molecule has 8 heteroatoms. The third-order valence-electron chi connectivity index (χ3n) is 5.88. The summed E-state index contributed by atoms with van der Waals surface area (Å²) in [5, 5.41) is 5.14. The molecule has 0 saturated carbocycles. The van der Waals surface area contributed by atoms with E-state index in [1.807, 2.05) is 30.3 Å². The Morgan fingerprint density at radius 1 is 0.941 bits per heavy atom. The highest BCUT2D eigenvalue weighted by molar-refractivity contribution is 6.07. The van der Waals surface area contributed by atoms with Crippen LogP contribution in [0.2, 0.25) is 0 Å². The molecule has 4 amide bonds. The number of benzene rings is 3. The Balaban J connectivity index is 1.25. The first kappa shape index (κ1) is 21.4. The number of nitrogens with one attached hydrogen (secondary N) is 2. The molecule has 1 saturated heterocycles. The summed E-state index contributed by atoms with van der Waals surface area (Å²) in [5.74, 6) is 0.000657. The van der Waals surface area contributed by atoms with Crippen molar-refractivity contribution in [2.24, 2.45) is 0 Å². The average molecular weight is 455 g/mol. The summed E-state index contributed by atoms with van der Waals surface area (Å²) in [4.78, 5) is 50.6. The predicted molar refractivity (Wildman–Crippen MR) is 123 cm³/mol. The molecule has 1 fully saturated rings. The molecule has 8 nitrogen and oxygen atoms in total. The summed E-state index contributed by atoms with van der Waals surface area (Å²) in [5.41, 5.74) is 2.22. The van der Waals surface area contributed by atoms with Crippen molar-refractivity contribution in [2.75, 3.05) is 5.32 Å². The molecule has 1 unspecified atom stereocenters. The summed E-state index contributed by atoms with van der Waals surface area (Å²) in [6.07, 6.45) is 0.505. The van der Waals surface area contributed by atoms with E-state index in [4.69, 9.17) is 4.74 Å². The van der Waals surface area contributed by atoms with E-state index in [9.17, 15) is 19.2 Å². The molecule has 170 valence electrons. The minimum atomic E-state index is -0.674. The van der Waals surface area contributed by atoms with Crippen molar-refractivity contribution in [3.05, 3.63) is 89.5 Å². The lowest BCUT2D eigenvalue weighted by Gasteiger charge is -2.29. The molecule has 2 aliphatic heterocycles. The van der Waals surface area contributed by atoms with Crippen molar-refractivity contribution in [1.82, 2.24) is 10.2 Å². The van der Waals surface area contributed by atoms with Crippen molar-refractivity contribution in [3.63, 3.8) is 0 Å². The second kappa shape index (κ2) is 8.82. The van der Waals surface area contributed by atoms with Gasteiger partial charge in [-0.05, 0) is 66.6 Å². The number of para-hydroxylation sites is 1. The van der Waals surface area contributed by atoms with Crippen LogP contribution >= 0.6 is 0 Å². The zero-order chi connectivity index (χ0) is 23.7.